The number of nitrogens with one attached hydrogen (secondary N) is 1. The summed E-state index contributed by atoms with van der Waals surface area (Å²) in [5.41, 5.74) is 2.22. The number of anilines is 1. The number of unbranched alkanes of at least 4 members (excludes halogenated alkanes) is 2. The second kappa shape index (κ2) is 11.0. The highest BCUT2D eigenvalue weighted by molar-refractivity contribution is 6.31. The average molecular weight is 446 g/mol. The molecule has 4 nitrogen and oxygen atoms in total. The molecule has 7 heteroatoms. The van der Waals surface area contributed by atoms with E-state index < -0.39 is 5.82 Å². The third-order valence-corrected chi connectivity index (χ3v) is 5.30. The van der Waals surface area contributed by atoms with Gasteiger partial charge in [0.15, 0.2) is 0 Å². The molecular formula is C24H26ClF2N3O. The first kappa shape index (κ1) is 22.8. The summed E-state index contributed by atoms with van der Waals surface area (Å²) in [6.45, 7) is 3.60. The van der Waals surface area contributed by atoms with Gasteiger partial charge in [0.25, 0.3) is 0 Å². The van der Waals surface area contributed by atoms with E-state index in [1.807, 2.05) is 29.0 Å². The summed E-state index contributed by atoms with van der Waals surface area (Å²) in [4.78, 5) is 14.7. The van der Waals surface area contributed by atoms with Crippen LogP contribution in [0.25, 0.3) is 0 Å². The molecule has 2 aromatic carbocycles. The molecule has 1 N–H and O–H groups in total. The topological polar surface area (TPSA) is 37.3 Å². The van der Waals surface area contributed by atoms with Gasteiger partial charge < -0.3 is 14.8 Å². The molecule has 0 saturated heterocycles. The Kier molecular flexibility index (Phi) is 8.06. The third kappa shape index (κ3) is 6.56. The summed E-state index contributed by atoms with van der Waals surface area (Å²) in [7, 11) is 0. The van der Waals surface area contributed by atoms with Crippen molar-refractivity contribution in [2.75, 3.05) is 11.9 Å². The number of hydrogen-bond acceptors (Lipinski definition) is 1. The summed E-state index contributed by atoms with van der Waals surface area (Å²) >= 11 is 5.83. The van der Waals surface area contributed by atoms with E-state index >= 15 is 0 Å². The summed E-state index contributed by atoms with van der Waals surface area (Å²) in [5, 5.41) is 2.76. The van der Waals surface area contributed by atoms with Crippen LogP contribution in [0.5, 0.6) is 0 Å². The van der Waals surface area contributed by atoms with Crippen LogP contribution in [0.1, 0.15) is 37.4 Å². The Labute approximate surface area is 186 Å². The lowest BCUT2D eigenvalue weighted by Gasteiger charge is -2.24. The lowest BCUT2D eigenvalue weighted by Crippen LogP contribution is -2.36. The normalized spacial score (nSPS) is 10.8. The molecule has 3 rings (SSSR count). The van der Waals surface area contributed by atoms with Crippen molar-refractivity contribution in [2.45, 2.75) is 39.3 Å². The van der Waals surface area contributed by atoms with Crippen LogP contribution in [0.15, 0.2) is 60.8 Å². The number of rotatable bonds is 9. The quantitative estimate of drug-likeness (QED) is 0.366. The third-order valence-electron chi connectivity index (χ3n) is 5.01. The number of amides is 2. The maximum atomic E-state index is 13.5. The molecule has 0 unspecified atom stereocenters. The Balaban J connectivity index is 1.74. The zero-order valence-electron chi connectivity index (χ0n) is 17.5. The van der Waals surface area contributed by atoms with E-state index in [1.54, 1.807) is 11.0 Å². The SMILES string of the molecule is CCCCCN(Cc1cccn1Cc1cccc(F)c1)C(=O)Nc1ccc(F)c(Cl)c1. The van der Waals surface area contributed by atoms with Crippen LogP contribution < -0.4 is 5.32 Å². The predicted molar refractivity (Wildman–Crippen MR) is 120 cm³/mol. The maximum Gasteiger partial charge on any atom is 0.322 e. The summed E-state index contributed by atoms with van der Waals surface area (Å²) in [6, 6.07) is 14.2. The fraction of sp³-hybridized carbons (Fsp3) is 0.292. The zero-order valence-corrected chi connectivity index (χ0v) is 18.2. The van der Waals surface area contributed by atoms with Gasteiger partial charge in [0.2, 0.25) is 0 Å². The molecule has 1 heterocycles. The van der Waals surface area contributed by atoms with Crippen LogP contribution in [0.4, 0.5) is 19.3 Å². The van der Waals surface area contributed by atoms with Gasteiger partial charge in [-0.05, 0) is 54.4 Å². The molecular weight excluding hydrogens is 420 g/mol. The van der Waals surface area contributed by atoms with Crippen molar-refractivity contribution in [3.8, 4) is 0 Å². The van der Waals surface area contributed by atoms with Gasteiger partial charge in [0.1, 0.15) is 11.6 Å². The number of carbonyl (C=O) groups is 1. The van der Waals surface area contributed by atoms with Crippen LogP contribution in [-0.2, 0) is 13.1 Å². The van der Waals surface area contributed by atoms with E-state index in [0.717, 1.165) is 30.5 Å². The molecule has 0 aliphatic rings. The number of aromatic nitrogens is 1. The molecule has 0 radical (unpaired) electrons. The fourth-order valence-electron chi connectivity index (χ4n) is 3.36. The van der Waals surface area contributed by atoms with Crippen LogP contribution in [0.2, 0.25) is 5.02 Å². The van der Waals surface area contributed by atoms with Gasteiger partial charge in [-0.3, -0.25) is 0 Å². The van der Waals surface area contributed by atoms with E-state index in [9.17, 15) is 13.6 Å². The first-order valence-electron chi connectivity index (χ1n) is 10.4. The minimum atomic E-state index is -0.533. The van der Waals surface area contributed by atoms with Gasteiger partial charge >= 0.3 is 6.03 Å². The zero-order chi connectivity index (χ0) is 22.2. The highest BCUT2D eigenvalue weighted by atomic mass is 35.5. The van der Waals surface area contributed by atoms with Gasteiger partial charge in [-0.15, -0.1) is 0 Å². The van der Waals surface area contributed by atoms with Crippen molar-refractivity contribution in [1.29, 1.82) is 0 Å². The predicted octanol–water partition coefficient (Wildman–Crippen LogP) is 6.69. The van der Waals surface area contributed by atoms with Crippen LogP contribution in [0, 0.1) is 11.6 Å². The second-order valence-corrected chi connectivity index (χ2v) is 7.85. The Morgan fingerprint density at radius 1 is 1.10 bits per heavy atom. The lowest BCUT2D eigenvalue weighted by atomic mass is 10.2. The van der Waals surface area contributed by atoms with Crippen molar-refractivity contribution in [2.24, 2.45) is 0 Å². The number of nitrogens with zero attached hydrogens (tertiary/aromatic N) is 2. The van der Waals surface area contributed by atoms with Gasteiger partial charge in [0, 0.05) is 30.7 Å². The standard InChI is InChI=1S/C24H26ClF2N3O/c1-2-3-4-12-30(24(31)28-20-10-11-23(27)22(25)15-20)17-21-9-6-13-29(21)16-18-7-5-8-19(26)14-18/h5-11,13-15H,2-4,12,16-17H2,1H3,(H,28,31). The molecule has 0 saturated carbocycles. The smallest absolute Gasteiger partial charge is 0.322 e. The van der Waals surface area contributed by atoms with Crippen molar-refractivity contribution in [3.05, 3.63) is 88.7 Å². The largest absolute Gasteiger partial charge is 0.345 e. The summed E-state index contributed by atoms with van der Waals surface area (Å²) in [6.07, 6.45) is 4.84. The van der Waals surface area contributed by atoms with Crippen molar-refractivity contribution < 1.29 is 13.6 Å². The van der Waals surface area contributed by atoms with E-state index in [1.165, 1.54) is 30.3 Å². The van der Waals surface area contributed by atoms with E-state index in [-0.39, 0.29) is 16.9 Å². The van der Waals surface area contributed by atoms with E-state index in [2.05, 4.69) is 12.2 Å². The lowest BCUT2D eigenvalue weighted by molar-refractivity contribution is 0.206. The fourth-order valence-corrected chi connectivity index (χ4v) is 3.54. The highest BCUT2D eigenvalue weighted by Gasteiger charge is 2.16. The second-order valence-electron chi connectivity index (χ2n) is 7.45. The molecule has 0 aliphatic heterocycles. The number of halogens is 3. The van der Waals surface area contributed by atoms with Crippen molar-refractivity contribution in [1.82, 2.24) is 9.47 Å². The first-order chi connectivity index (χ1) is 15.0. The Morgan fingerprint density at radius 2 is 1.94 bits per heavy atom. The molecule has 0 fully saturated rings. The van der Waals surface area contributed by atoms with Gasteiger partial charge in [-0.2, -0.15) is 0 Å². The van der Waals surface area contributed by atoms with Crippen molar-refractivity contribution in [3.63, 3.8) is 0 Å². The molecule has 0 aliphatic carbocycles. The highest BCUT2D eigenvalue weighted by Crippen LogP contribution is 2.20. The van der Waals surface area contributed by atoms with Gasteiger partial charge in [-0.25, -0.2) is 13.6 Å². The maximum absolute atomic E-state index is 13.5. The number of carbonyl (C=O) groups excluding carboxylic acids is 1. The molecule has 3 aromatic rings. The van der Waals surface area contributed by atoms with Crippen LogP contribution in [0.3, 0.4) is 0 Å². The van der Waals surface area contributed by atoms with Crippen LogP contribution in [-0.4, -0.2) is 22.0 Å². The first-order valence-corrected chi connectivity index (χ1v) is 10.7. The Bertz CT molecular complexity index is 1020. The molecule has 1 aromatic heterocycles. The summed E-state index contributed by atoms with van der Waals surface area (Å²) < 4.78 is 29.0. The molecule has 164 valence electrons. The minimum Gasteiger partial charge on any atom is -0.345 e. The Morgan fingerprint density at radius 3 is 2.68 bits per heavy atom. The number of hydrogen-bond donors (Lipinski definition) is 1. The van der Waals surface area contributed by atoms with E-state index in [4.69, 9.17) is 11.6 Å². The van der Waals surface area contributed by atoms with Crippen molar-refractivity contribution >= 4 is 23.3 Å². The number of urea groups is 1. The molecule has 2 amide bonds. The molecule has 0 atom stereocenters. The summed E-state index contributed by atoms with van der Waals surface area (Å²) in [5.74, 6) is -0.806. The van der Waals surface area contributed by atoms with E-state index in [0.29, 0.717) is 25.3 Å². The minimum absolute atomic E-state index is 0.0423. The molecule has 0 spiro atoms. The monoisotopic (exact) mass is 445 g/mol. The van der Waals surface area contributed by atoms with Gasteiger partial charge in [0.05, 0.1) is 11.6 Å². The molecule has 31 heavy (non-hydrogen) atoms. The van der Waals surface area contributed by atoms with Crippen LogP contribution >= 0.6 is 11.6 Å². The Hall–Kier alpha value is -2.86. The average Bonchev–Trinajstić information content (AvgIpc) is 3.16. The molecule has 0 bridgehead atoms. The number of benzene rings is 2. The van der Waals surface area contributed by atoms with Gasteiger partial charge in [-0.1, -0.05) is 43.5 Å².